The Labute approximate surface area is 125 Å². The highest BCUT2D eigenvalue weighted by molar-refractivity contribution is 7.93. The van der Waals surface area contributed by atoms with Gasteiger partial charge in [-0.2, -0.15) is 5.10 Å². The molecule has 0 fully saturated rings. The van der Waals surface area contributed by atoms with Gasteiger partial charge in [-0.1, -0.05) is 6.07 Å². The zero-order chi connectivity index (χ0) is 14.9. The number of hydrogen-bond acceptors (Lipinski definition) is 6. The Morgan fingerprint density at radius 3 is 2.86 bits per heavy atom. The van der Waals surface area contributed by atoms with E-state index >= 15 is 0 Å². The van der Waals surface area contributed by atoms with Crippen molar-refractivity contribution in [1.29, 1.82) is 0 Å². The molecule has 0 spiro atoms. The van der Waals surface area contributed by atoms with Crippen molar-refractivity contribution in [3.8, 4) is 5.82 Å². The number of nitrogens with zero attached hydrogens (tertiary/aromatic N) is 4. The highest BCUT2D eigenvalue weighted by atomic mass is 32.2. The molecule has 21 heavy (non-hydrogen) atoms. The van der Waals surface area contributed by atoms with Crippen LogP contribution in [0.4, 0.5) is 5.13 Å². The largest absolute Gasteiger partial charge is 0.266 e. The fourth-order valence-electron chi connectivity index (χ4n) is 1.63. The Morgan fingerprint density at radius 2 is 2.19 bits per heavy atom. The minimum atomic E-state index is -3.70. The summed E-state index contributed by atoms with van der Waals surface area (Å²) in [6.07, 6.45) is 4.30. The monoisotopic (exact) mass is 321 g/mol. The van der Waals surface area contributed by atoms with Gasteiger partial charge in [0.25, 0.3) is 10.0 Å². The van der Waals surface area contributed by atoms with Crippen LogP contribution in [0.25, 0.3) is 5.82 Å². The average Bonchev–Trinajstić information content (AvgIpc) is 3.09. The van der Waals surface area contributed by atoms with Crippen LogP contribution < -0.4 is 4.72 Å². The molecule has 9 heteroatoms. The van der Waals surface area contributed by atoms with Crippen LogP contribution in [0.5, 0.6) is 0 Å². The van der Waals surface area contributed by atoms with Crippen LogP contribution in [-0.2, 0) is 10.0 Å². The van der Waals surface area contributed by atoms with Crippen molar-refractivity contribution in [2.75, 3.05) is 4.72 Å². The summed E-state index contributed by atoms with van der Waals surface area (Å²) < 4.78 is 28.3. The van der Waals surface area contributed by atoms with Gasteiger partial charge in [0.1, 0.15) is 4.90 Å². The van der Waals surface area contributed by atoms with Crippen molar-refractivity contribution < 1.29 is 8.42 Å². The molecule has 3 aromatic rings. The quantitative estimate of drug-likeness (QED) is 0.792. The van der Waals surface area contributed by atoms with Crippen LogP contribution in [-0.4, -0.2) is 28.2 Å². The lowest BCUT2D eigenvalue weighted by Gasteiger charge is -2.01. The van der Waals surface area contributed by atoms with E-state index in [1.165, 1.54) is 28.4 Å². The maximum atomic E-state index is 12.2. The number of anilines is 1. The summed E-state index contributed by atoms with van der Waals surface area (Å²) in [5, 5.41) is 6.12. The molecule has 0 unspecified atom stereocenters. The molecular weight excluding hydrogens is 310 g/mol. The van der Waals surface area contributed by atoms with Crippen LogP contribution in [0.15, 0.2) is 47.1 Å². The molecule has 0 amide bonds. The summed E-state index contributed by atoms with van der Waals surface area (Å²) in [4.78, 5) is 8.24. The van der Waals surface area contributed by atoms with Gasteiger partial charge in [-0.25, -0.2) is 23.1 Å². The Bertz CT molecular complexity index is 855. The van der Waals surface area contributed by atoms with Crippen molar-refractivity contribution in [3.05, 3.63) is 47.9 Å². The number of rotatable bonds is 4. The average molecular weight is 321 g/mol. The van der Waals surface area contributed by atoms with Crippen molar-refractivity contribution in [2.45, 2.75) is 11.8 Å². The van der Waals surface area contributed by atoms with Crippen molar-refractivity contribution in [2.24, 2.45) is 0 Å². The fourth-order valence-corrected chi connectivity index (χ4v) is 3.51. The second-order valence-electron chi connectivity index (χ2n) is 4.21. The maximum Gasteiger partial charge on any atom is 0.266 e. The smallest absolute Gasteiger partial charge is 0.255 e. The topological polar surface area (TPSA) is 89.8 Å². The normalized spacial score (nSPS) is 11.5. The van der Waals surface area contributed by atoms with E-state index in [-0.39, 0.29) is 4.90 Å². The molecule has 0 aliphatic heterocycles. The molecule has 3 heterocycles. The minimum absolute atomic E-state index is 0.0565. The highest BCUT2D eigenvalue weighted by Gasteiger charge is 2.18. The van der Waals surface area contributed by atoms with Crippen LogP contribution >= 0.6 is 11.3 Å². The molecule has 1 N–H and O–H groups in total. The van der Waals surface area contributed by atoms with Gasteiger partial charge in [-0.15, -0.1) is 11.3 Å². The van der Waals surface area contributed by atoms with E-state index < -0.39 is 10.0 Å². The number of thiazole rings is 1. The third-order valence-corrected chi connectivity index (χ3v) is 4.89. The van der Waals surface area contributed by atoms with Gasteiger partial charge in [0.15, 0.2) is 10.9 Å². The molecule has 0 aromatic carbocycles. The molecule has 0 radical (unpaired) electrons. The lowest BCUT2D eigenvalue weighted by molar-refractivity contribution is 0.601. The van der Waals surface area contributed by atoms with Crippen molar-refractivity contribution >= 4 is 26.5 Å². The van der Waals surface area contributed by atoms with Crippen LogP contribution in [0.3, 0.4) is 0 Å². The minimum Gasteiger partial charge on any atom is -0.255 e. The number of pyridine rings is 1. The van der Waals surface area contributed by atoms with Crippen LogP contribution in [0, 0.1) is 6.92 Å². The van der Waals surface area contributed by atoms with Crippen molar-refractivity contribution in [1.82, 2.24) is 19.7 Å². The van der Waals surface area contributed by atoms with E-state index in [1.54, 1.807) is 36.7 Å². The molecule has 0 saturated carbocycles. The zero-order valence-electron chi connectivity index (χ0n) is 11.0. The van der Waals surface area contributed by atoms with E-state index in [0.717, 1.165) is 5.69 Å². The molecule has 0 saturated heterocycles. The van der Waals surface area contributed by atoms with Gasteiger partial charge in [0, 0.05) is 11.6 Å². The molecular formula is C12H11N5O2S2. The lowest BCUT2D eigenvalue weighted by atomic mass is 10.5. The van der Waals surface area contributed by atoms with E-state index in [2.05, 4.69) is 19.8 Å². The van der Waals surface area contributed by atoms with Gasteiger partial charge in [0.2, 0.25) is 0 Å². The summed E-state index contributed by atoms with van der Waals surface area (Å²) >= 11 is 1.23. The predicted molar refractivity (Wildman–Crippen MR) is 79.0 cm³/mol. The van der Waals surface area contributed by atoms with E-state index in [1.807, 2.05) is 0 Å². The SMILES string of the molecule is Cc1csc(NS(=O)(=O)c2cnn(-c3ccccn3)c2)n1. The Kier molecular flexibility index (Phi) is 3.43. The Morgan fingerprint density at radius 1 is 1.33 bits per heavy atom. The third-order valence-electron chi connectivity index (χ3n) is 2.59. The summed E-state index contributed by atoms with van der Waals surface area (Å²) in [6, 6.07) is 5.31. The predicted octanol–water partition coefficient (Wildman–Crippen LogP) is 1.83. The van der Waals surface area contributed by atoms with Gasteiger partial charge in [-0.3, -0.25) is 4.72 Å². The van der Waals surface area contributed by atoms with Crippen LogP contribution in [0.2, 0.25) is 0 Å². The zero-order valence-corrected chi connectivity index (χ0v) is 12.6. The molecule has 108 valence electrons. The summed E-state index contributed by atoms with van der Waals surface area (Å²) in [6.45, 7) is 1.80. The van der Waals surface area contributed by atoms with Gasteiger partial charge in [-0.05, 0) is 19.1 Å². The van der Waals surface area contributed by atoms with Gasteiger partial charge in [0.05, 0.1) is 18.1 Å². The van der Waals surface area contributed by atoms with Gasteiger partial charge < -0.3 is 0 Å². The summed E-state index contributed by atoms with van der Waals surface area (Å²) in [7, 11) is -3.70. The van der Waals surface area contributed by atoms with E-state index in [4.69, 9.17) is 0 Å². The first kappa shape index (κ1) is 13.7. The second kappa shape index (κ2) is 5.26. The third kappa shape index (κ3) is 2.93. The summed E-state index contributed by atoms with van der Waals surface area (Å²) in [5.41, 5.74) is 0.766. The molecule has 3 rings (SSSR count). The number of nitrogens with one attached hydrogen (secondary N) is 1. The number of hydrogen-bond donors (Lipinski definition) is 1. The van der Waals surface area contributed by atoms with Crippen LogP contribution in [0.1, 0.15) is 5.69 Å². The Balaban J connectivity index is 1.88. The number of aromatic nitrogens is 4. The highest BCUT2D eigenvalue weighted by Crippen LogP contribution is 2.19. The first-order valence-electron chi connectivity index (χ1n) is 5.96. The lowest BCUT2D eigenvalue weighted by Crippen LogP contribution is -2.12. The van der Waals surface area contributed by atoms with E-state index in [0.29, 0.717) is 10.9 Å². The standard InChI is InChI=1S/C12H11N5O2S2/c1-9-8-20-12(15-9)16-21(18,19)10-6-14-17(7-10)11-4-2-3-5-13-11/h2-8H,1H3,(H,15,16). The summed E-state index contributed by atoms with van der Waals surface area (Å²) in [5.74, 6) is 0.545. The molecule has 7 nitrogen and oxygen atoms in total. The molecule has 0 bridgehead atoms. The second-order valence-corrected chi connectivity index (χ2v) is 6.75. The maximum absolute atomic E-state index is 12.2. The van der Waals surface area contributed by atoms with Gasteiger partial charge >= 0.3 is 0 Å². The molecule has 0 aliphatic rings. The first-order valence-corrected chi connectivity index (χ1v) is 8.32. The number of aryl methyl sites for hydroxylation is 1. The van der Waals surface area contributed by atoms with Crippen molar-refractivity contribution in [3.63, 3.8) is 0 Å². The number of sulfonamides is 1. The molecule has 0 atom stereocenters. The fraction of sp³-hybridized carbons (Fsp3) is 0.0833. The Hall–Kier alpha value is -2.26. The van der Waals surface area contributed by atoms with E-state index in [9.17, 15) is 8.42 Å². The molecule has 0 aliphatic carbocycles. The molecule has 3 aromatic heterocycles. The first-order chi connectivity index (χ1) is 10.0.